The van der Waals surface area contributed by atoms with Crippen LogP contribution in [0.15, 0.2) is 18.2 Å². The van der Waals surface area contributed by atoms with Gasteiger partial charge >= 0.3 is 0 Å². The van der Waals surface area contributed by atoms with Crippen LogP contribution < -0.4 is 15.0 Å². The van der Waals surface area contributed by atoms with Crippen LogP contribution in [0.3, 0.4) is 0 Å². The zero-order valence-corrected chi connectivity index (χ0v) is 12.1. The Morgan fingerprint density at radius 2 is 2.23 bits per heavy atom. The van der Waals surface area contributed by atoms with Gasteiger partial charge in [-0.3, -0.25) is 9.59 Å². The lowest BCUT2D eigenvalue weighted by Gasteiger charge is -2.26. The van der Waals surface area contributed by atoms with Crippen molar-refractivity contribution in [3.63, 3.8) is 0 Å². The average molecular weight is 302 g/mol. The van der Waals surface area contributed by atoms with Crippen molar-refractivity contribution in [1.29, 1.82) is 0 Å². The average Bonchev–Trinajstić information content (AvgIpc) is 2.88. The van der Waals surface area contributed by atoms with E-state index in [9.17, 15) is 9.59 Å². The molecule has 9 nitrogen and oxygen atoms in total. The number of rotatable bonds is 3. The third-order valence-corrected chi connectivity index (χ3v) is 3.36. The number of hydrogen-bond donors (Lipinski definition) is 1. The number of amides is 2. The van der Waals surface area contributed by atoms with Gasteiger partial charge in [-0.05, 0) is 22.6 Å². The van der Waals surface area contributed by atoms with Crippen LogP contribution in [-0.4, -0.2) is 45.7 Å². The highest BCUT2D eigenvalue weighted by molar-refractivity contribution is 5.98. The summed E-state index contributed by atoms with van der Waals surface area (Å²) in [5.74, 6) is 0.675. The molecule has 0 bridgehead atoms. The molecule has 2 aromatic rings. The first-order valence-corrected chi connectivity index (χ1v) is 6.59. The van der Waals surface area contributed by atoms with E-state index in [1.165, 1.54) is 9.58 Å². The van der Waals surface area contributed by atoms with Crippen LogP contribution in [0.2, 0.25) is 0 Å². The van der Waals surface area contributed by atoms with E-state index in [2.05, 4.69) is 20.8 Å². The SMILES string of the molecule is CN1C(=O)COc2cc(NC(=O)Cc3nnnn3C)ccc21. The number of fused-ring (bicyclic) bond motifs is 1. The first-order valence-electron chi connectivity index (χ1n) is 6.59. The maximum atomic E-state index is 12.0. The molecule has 0 saturated carbocycles. The minimum absolute atomic E-state index is 0.00842. The normalized spacial score (nSPS) is 13.5. The van der Waals surface area contributed by atoms with Crippen LogP contribution in [-0.2, 0) is 23.1 Å². The van der Waals surface area contributed by atoms with Crippen LogP contribution in [0.25, 0.3) is 0 Å². The van der Waals surface area contributed by atoms with Gasteiger partial charge in [0.25, 0.3) is 5.91 Å². The number of aryl methyl sites for hydroxylation is 1. The Labute approximate surface area is 125 Å². The van der Waals surface area contributed by atoms with Gasteiger partial charge in [0, 0.05) is 25.8 Å². The molecule has 9 heteroatoms. The molecule has 0 aliphatic carbocycles. The monoisotopic (exact) mass is 302 g/mol. The molecular weight excluding hydrogens is 288 g/mol. The number of anilines is 2. The number of benzene rings is 1. The smallest absolute Gasteiger partial charge is 0.264 e. The summed E-state index contributed by atoms with van der Waals surface area (Å²) < 4.78 is 6.81. The van der Waals surface area contributed by atoms with Gasteiger partial charge in [0.05, 0.1) is 12.1 Å². The van der Waals surface area contributed by atoms with E-state index in [-0.39, 0.29) is 24.8 Å². The molecule has 22 heavy (non-hydrogen) atoms. The number of aromatic nitrogens is 4. The van der Waals surface area contributed by atoms with E-state index in [1.54, 1.807) is 32.3 Å². The van der Waals surface area contributed by atoms with Gasteiger partial charge in [-0.25, -0.2) is 4.68 Å². The van der Waals surface area contributed by atoms with Crippen LogP contribution in [0.4, 0.5) is 11.4 Å². The van der Waals surface area contributed by atoms with E-state index >= 15 is 0 Å². The largest absolute Gasteiger partial charge is 0.481 e. The highest BCUT2D eigenvalue weighted by Crippen LogP contribution is 2.33. The highest BCUT2D eigenvalue weighted by atomic mass is 16.5. The molecule has 0 fully saturated rings. The van der Waals surface area contributed by atoms with Crippen LogP contribution in [0, 0.1) is 0 Å². The number of tetrazole rings is 1. The Morgan fingerprint density at radius 1 is 1.41 bits per heavy atom. The molecule has 2 heterocycles. The maximum Gasteiger partial charge on any atom is 0.264 e. The number of ether oxygens (including phenoxy) is 1. The van der Waals surface area contributed by atoms with Crippen molar-refractivity contribution in [3.8, 4) is 5.75 Å². The van der Waals surface area contributed by atoms with E-state index in [1.807, 2.05) is 0 Å². The number of carbonyl (C=O) groups is 2. The van der Waals surface area contributed by atoms with Gasteiger partial charge in [0.2, 0.25) is 5.91 Å². The van der Waals surface area contributed by atoms with E-state index in [0.29, 0.717) is 22.9 Å². The van der Waals surface area contributed by atoms with Crippen LogP contribution in [0.5, 0.6) is 5.75 Å². The third-order valence-electron chi connectivity index (χ3n) is 3.36. The number of hydrogen-bond acceptors (Lipinski definition) is 6. The molecule has 114 valence electrons. The number of nitrogens with one attached hydrogen (secondary N) is 1. The first-order chi connectivity index (χ1) is 10.5. The summed E-state index contributed by atoms with van der Waals surface area (Å²) in [4.78, 5) is 25.1. The Bertz CT molecular complexity index is 741. The fourth-order valence-electron chi connectivity index (χ4n) is 2.10. The summed E-state index contributed by atoms with van der Waals surface area (Å²) in [7, 11) is 3.35. The van der Waals surface area contributed by atoms with E-state index in [4.69, 9.17) is 4.74 Å². The van der Waals surface area contributed by atoms with Crippen molar-refractivity contribution in [2.75, 3.05) is 23.9 Å². The summed E-state index contributed by atoms with van der Waals surface area (Å²) in [6.45, 7) is -0.00842. The number of nitrogens with zero attached hydrogens (tertiary/aromatic N) is 5. The zero-order valence-electron chi connectivity index (χ0n) is 12.1. The molecule has 0 saturated heterocycles. The van der Waals surface area contributed by atoms with Crippen molar-refractivity contribution in [1.82, 2.24) is 20.2 Å². The molecule has 1 aromatic heterocycles. The highest BCUT2D eigenvalue weighted by Gasteiger charge is 2.22. The molecule has 1 aliphatic heterocycles. The molecule has 0 atom stereocenters. The Kier molecular flexibility index (Phi) is 3.45. The van der Waals surface area contributed by atoms with Crippen molar-refractivity contribution >= 4 is 23.2 Å². The quantitative estimate of drug-likeness (QED) is 0.838. The first kappa shape index (κ1) is 14.0. The van der Waals surface area contributed by atoms with E-state index in [0.717, 1.165) is 0 Å². The molecule has 0 radical (unpaired) electrons. The number of likely N-dealkylation sites (N-methyl/N-ethyl adjacent to an activating group) is 1. The van der Waals surface area contributed by atoms with Gasteiger partial charge in [0.1, 0.15) is 5.75 Å². The summed E-state index contributed by atoms with van der Waals surface area (Å²) in [6, 6.07) is 5.13. The third kappa shape index (κ3) is 2.60. The summed E-state index contributed by atoms with van der Waals surface area (Å²) in [6.07, 6.45) is 0.0693. The summed E-state index contributed by atoms with van der Waals surface area (Å²) in [5, 5.41) is 13.7. The molecule has 0 unspecified atom stereocenters. The molecule has 0 spiro atoms. The van der Waals surface area contributed by atoms with Gasteiger partial charge in [0.15, 0.2) is 12.4 Å². The van der Waals surface area contributed by atoms with Crippen LogP contribution in [0.1, 0.15) is 5.82 Å². The minimum atomic E-state index is -0.238. The topological polar surface area (TPSA) is 102 Å². The lowest BCUT2D eigenvalue weighted by molar-refractivity contribution is -0.121. The van der Waals surface area contributed by atoms with Gasteiger partial charge in [-0.1, -0.05) is 0 Å². The maximum absolute atomic E-state index is 12.0. The Morgan fingerprint density at radius 3 is 2.95 bits per heavy atom. The fourth-order valence-corrected chi connectivity index (χ4v) is 2.10. The fraction of sp³-hybridized carbons (Fsp3) is 0.308. The molecule has 1 N–H and O–H groups in total. The zero-order chi connectivity index (χ0) is 15.7. The second-order valence-corrected chi connectivity index (χ2v) is 4.87. The lowest BCUT2D eigenvalue weighted by Crippen LogP contribution is -2.35. The van der Waals surface area contributed by atoms with Crippen molar-refractivity contribution < 1.29 is 14.3 Å². The van der Waals surface area contributed by atoms with Crippen molar-refractivity contribution in [2.45, 2.75) is 6.42 Å². The molecule has 1 aromatic carbocycles. The second kappa shape index (κ2) is 5.43. The summed E-state index contributed by atoms with van der Waals surface area (Å²) >= 11 is 0. The molecule has 1 aliphatic rings. The molecule has 2 amide bonds. The van der Waals surface area contributed by atoms with Gasteiger partial charge in [-0.2, -0.15) is 0 Å². The summed E-state index contributed by atoms with van der Waals surface area (Å²) in [5.41, 5.74) is 1.26. The lowest BCUT2D eigenvalue weighted by atomic mass is 10.2. The number of carbonyl (C=O) groups excluding carboxylic acids is 2. The standard InChI is InChI=1S/C13H14N6O3/c1-18-9-4-3-8(5-10(9)22-7-13(18)21)14-12(20)6-11-15-16-17-19(11)2/h3-5H,6-7H2,1-2H3,(H,14,20). The van der Waals surface area contributed by atoms with Gasteiger partial charge in [-0.15, -0.1) is 5.10 Å². The Balaban J connectivity index is 1.72. The van der Waals surface area contributed by atoms with E-state index < -0.39 is 0 Å². The minimum Gasteiger partial charge on any atom is -0.481 e. The van der Waals surface area contributed by atoms with Crippen LogP contribution >= 0.6 is 0 Å². The molecular formula is C13H14N6O3. The van der Waals surface area contributed by atoms with Crippen molar-refractivity contribution in [2.24, 2.45) is 7.05 Å². The molecule has 3 rings (SSSR count). The predicted octanol–water partition coefficient (Wildman–Crippen LogP) is -0.254. The Hall–Kier alpha value is -2.97. The predicted molar refractivity (Wildman–Crippen MR) is 76.5 cm³/mol. The van der Waals surface area contributed by atoms with Gasteiger partial charge < -0.3 is 15.0 Å². The van der Waals surface area contributed by atoms with Crippen molar-refractivity contribution in [3.05, 3.63) is 24.0 Å². The second-order valence-electron chi connectivity index (χ2n) is 4.87.